The highest BCUT2D eigenvalue weighted by Crippen LogP contribution is 2.33. The van der Waals surface area contributed by atoms with E-state index in [1.54, 1.807) is 6.08 Å². The van der Waals surface area contributed by atoms with Crippen molar-refractivity contribution in [1.82, 2.24) is 4.90 Å². The zero-order valence-corrected chi connectivity index (χ0v) is 11.5. The Morgan fingerprint density at radius 3 is 2.32 bits per heavy atom. The monoisotopic (exact) mass is 275 g/mol. The molecule has 108 valence electrons. The smallest absolute Gasteiger partial charge is 0.406 e. The average Bonchev–Trinajstić information content (AvgIpc) is 2.21. The summed E-state index contributed by atoms with van der Waals surface area (Å²) in [4.78, 5) is 2.20. The van der Waals surface area contributed by atoms with Crippen LogP contribution < -0.4 is 0 Å². The van der Waals surface area contributed by atoms with Gasteiger partial charge in [-0.05, 0) is 32.4 Å². The molecule has 0 spiro atoms. The molecule has 0 radical (unpaired) electrons. The van der Waals surface area contributed by atoms with Crippen molar-refractivity contribution >= 4 is 0 Å². The SMILES string of the molecule is C=C/C=C(\C(=C/C)OC(F)(F)F)C1CN(C(C)C)C1. The van der Waals surface area contributed by atoms with Gasteiger partial charge in [-0.2, -0.15) is 0 Å². The van der Waals surface area contributed by atoms with Gasteiger partial charge in [0.1, 0.15) is 5.76 Å². The van der Waals surface area contributed by atoms with E-state index in [-0.39, 0.29) is 11.7 Å². The Hall–Kier alpha value is -1.23. The minimum atomic E-state index is -4.66. The second-order valence-electron chi connectivity index (χ2n) is 4.80. The summed E-state index contributed by atoms with van der Waals surface area (Å²) in [6.45, 7) is 10.7. The molecule has 0 saturated carbocycles. The van der Waals surface area contributed by atoms with Crippen LogP contribution in [0.4, 0.5) is 13.2 Å². The highest BCUT2D eigenvalue weighted by molar-refractivity contribution is 5.33. The first-order chi connectivity index (χ1) is 8.78. The predicted molar refractivity (Wildman–Crippen MR) is 69.4 cm³/mol. The van der Waals surface area contributed by atoms with Crippen LogP contribution in [0.1, 0.15) is 20.8 Å². The Morgan fingerprint density at radius 2 is 1.95 bits per heavy atom. The minimum absolute atomic E-state index is 0.0638. The third kappa shape index (κ3) is 4.42. The molecule has 1 aliphatic rings. The summed E-state index contributed by atoms with van der Waals surface area (Å²) in [5.74, 6) is -0.0604. The molecule has 0 aromatic carbocycles. The molecule has 1 rings (SSSR count). The molecule has 0 aromatic heterocycles. The van der Waals surface area contributed by atoms with Gasteiger partial charge in [0.05, 0.1) is 0 Å². The minimum Gasteiger partial charge on any atom is -0.406 e. The van der Waals surface area contributed by atoms with Crippen LogP contribution in [0.15, 0.2) is 36.1 Å². The first kappa shape index (κ1) is 15.8. The van der Waals surface area contributed by atoms with Crippen LogP contribution in [0.25, 0.3) is 0 Å². The van der Waals surface area contributed by atoms with Gasteiger partial charge in [0, 0.05) is 25.0 Å². The number of halogens is 3. The Labute approximate surface area is 112 Å². The van der Waals surface area contributed by atoms with Gasteiger partial charge in [0.25, 0.3) is 0 Å². The molecular formula is C14H20F3NO. The maximum atomic E-state index is 12.4. The molecular weight excluding hydrogens is 255 g/mol. The van der Waals surface area contributed by atoms with E-state index in [9.17, 15) is 13.2 Å². The number of nitrogens with zero attached hydrogens (tertiary/aromatic N) is 1. The lowest BCUT2D eigenvalue weighted by Gasteiger charge is -2.43. The number of alkyl halides is 3. The van der Waals surface area contributed by atoms with E-state index in [1.165, 1.54) is 19.1 Å². The van der Waals surface area contributed by atoms with E-state index >= 15 is 0 Å². The Kier molecular flexibility index (Phi) is 5.23. The zero-order valence-electron chi connectivity index (χ0n) is 11.5. The Balaban J connectivity index is 2.79. The summed E-state index contributed by atoms with van der Waals surface area (Å²) in [5.41, 5.74) is 0.562. The molecule has 0 amide bonds. The maximum absolute atomic E-state index is 12.4. The van der Waals surface area contributed by atoms with E-state index in [1.807, 2.05) is 0 Å². The van der Waals surface area contributed by atoms with Gasteiger partial charge in [-0.25, -0.2) is 0 Å². The number of allylic oxidation sites excluding steroid dienone is 4. The highest BCUT2D eigenvalue weighted by Gasteiger charge is 2.37. The van der Waals surface area contributed by atoms with Crippen LogP contribution in [-0.4, -0.2) is 30.4 Å². The van der Waals surface area contributed by atoms with Crippen molar-refractivity contribution in [3.05, 3.63) is 36.1 Å². The van der Waals surface area contributed by atoms with Crippen molar-refractivity contribution in [2.24, 2.45) is 5.92 Å². The molecule has 1 saturated heterocycles. The van der Waals surface area contributed by atoms with E-state index in [0.29, 0.717) is 11.6 Å². The summed E-state index contributed by atoms with van der Waals surface area (Å²) >= 11 is 0. The summed E-state index contributed by atoms with van der Waals surface area (Å²) in [5, 5.41) is 0. The van der Waals surface area contributed by atoms with Gasteiger partial charge < -0.3 is 4.74 Å². The summed E-state index contributed by atoms with van der Waals surface area (Å²) in [7, 11) is 0. The third-order valence-electron chi connectivity index (χ3n) is 3.15. The van der Waals surface area contributed by atoms with Crippen molar-refractivity contribution in [2.45, 2.75) is 33.2 Å². The summed E-state index contributed by atoms with van der Waals surface area (Å²) in [6.07, 6.45) is -0.218. The summed E-state index contributed by atoms with van der Waals surface area (Å²) in [6, 6.07) is 0.402. The standard InChI is InChI=1S/C14H20F3NO/c1-5-7-12(11-8-18(9-11)10(3)4)13(6-2)19-14(15,16)17/h5-7,10-11H,1,8-9H2,2-4H3/b12-7-,13-6+. The maximum Gasteiger partial charge on any atom is 0.573 e. The van der Waals surface area contributed by atoms with Gasteiger partial charge in [0.15, 0.2) is 0 Å². The lowest BCUT2D eigenvalue weighted by molar-refractivity contribution is -0.304. The fourth-order valence-corrected chi connectivity index (χ4v) is 2.09. The van der Waals surface area contributed by atoms with Crippen LogP contribution in [0.2, 0.25) is 0 Å². The van der Waals surface area contributed by atoms with Crippen molar-refractivity contribution in [1.29, 1.82) is 0 Å². The second-order valence-corrected chi connectivity index (χ2v) is 4.80. The van der Waals surface area contributed by atoms with Crippen LogP contribution in [-0.2, 0) is 4.74 Å². The quantitative estimate of drug-likeness (QED) is 0.557. The number of hydrogen-bond donors (Lipinski definition) is 0. The fraction of sp³-hybridized carbons (Fsp3) is 0.571. The molecule has 0 N–H and O–H groups in total. The number of ether oxygens (including phenoxy) is 1. The molecule has 0 bridgehead atoms. The van der Waals surface area contributed by atoms with Gasteiger partial charge >= 0.3 is 6.36 Å². The molecule has 1 fully saturated rings. The van der Waals surface area contributed by atoms with Crippen molar-refractivity contribution < 1.29 is 17.9 Å². The summed E-state index contributed by atoms with van der Waals surface area (Å²) < 4.78 is 41.2. The Bertz CT molecular complexity index is 377. The molecule has 5 heteroatoms. The number of likely N-dealkylation sites (tertiary alicyclic amines) is 1. The zero-order chi connectivity index (χ0) is 14.6. The lowest BCUT2D eigenvalue weighted by Crippen LogP contribution is -2.51. The van der Waals surface area contributed by atoms with Crippen LogP contribution >= 0.6 is 0 Å². The third-order valence-corrected chi connectivity index (χ3v) is 3.15. The topological polar surface area (TPSA) is 12.5 Å². The average molecular weight is 275 g/mol. The molecule has 19 heavy (non-hydrogen) atoms. The highest BCUT2D eigenvalue weighted by atomic mass is 19.4. The molecule has 0 aliphatic carbocycles. The normalized spacial score (nSPS) is 19.5. The first-order valence-electron chi connectivity index (χ1n) is 6.27. The largest absolute Gasteiger partial charge is 0.573 e. The van der Waals surface area contributed by atoms with E-state index in [2.05, 4.69) is 30.1 Å². The number of hydrogen-bond acceptors (Lipinski definition) is 2. The first-order valence-corrected chi connectivity index (χ1v) is 6.27. The molecule has 0 unspecified atom stereocenters. The number of rotatable bonds is 5. The second kappa shape index (κ2) is 6.28. The van der Waals surface area contributed by atoms with Crippen LogP contribution in [0.3, 0.4) is 0 Å². The van der Waals surface area contributed by atoms with E-state index in [0.717, 1.165) is 13.1 Å². The fourth-order valence-electron chi connectivity index (χ4n) is 2.09. The molecule has 0 atom stereocenters. The molecule has 0 aromatic rings. The van der Waals surface area contributed by atoms with Gasteiger partial charge in [-0.3, -0.25) is 4.90 Å². The Morgan fingerprint density at radius 1 is 1.37 bits per heavy atom. The molecule has 1 aliphatic heterocycles. The van der Waals surface area contributed by atoms with Crippen LogP contribution in [0.5, 0.6) is 0 Å². The van der Waals surface area contributed by atoms with Crippen molar-refractivity contribution in [3.8, 4) is 0 Å². The van der Waals surface area contributed by atoms with Gasteiger partial charge in [-0.15, -0.1) is 13.2 Å². The van der Waals surface area contributed by atoms with Gasteiger partial charge in [0.2, 0.25) is 0 Å². The van der Waals surface area contributed by atoms with Crippen molar-refractivity contribution in [2.75, 3.05) is 13.1 Å². The van der Waals surface area contributed by atoms with E-state index in [4.69, 9.17) is 0 Å². The van der Waals surface area contributed by atoms with Gasteiger partial charge in [-0.1, -0.05) is 18.7 Å². The van der Waals surface area contributed by atoms with Crippen LogP contribution in [0, 0.1) is 5.92 Å². The lowest BCUT2D eigenvalue weighted by atomic mass is 9.88. The van der Waals surface area contributed by atoms with E-state index < -0.39 is 6.36 Å². The predicted octanol–water partition coefficient (Wildman–Crippen LogP) is 3.88. The molecule has 2 nitrogen and oxygen atoms in total. The van der Waals surface area contributed by atoms with Crippen molar-refractivity contribution in [3.63, 3.8) is 0 Å². The molecule has 1 heterocycles.